The molecule has 0 aliphatic carbocycles. The number of nitrogens with one attached hydrogen (secondary N) is 2. The first kappa shape index (κ1) is 52.2. The van der Waals surface area contributed by atoms with Gasteiger partial charge in [-0.1, -0.05) is 47.6 Å². The van der Waals surface area contributed by atoms with Crippen LogP contribution >= 0.6 is 0 Å². The van der Waals surface area contributed by atoms with Crippen LogP contribution in [0.4, 0.5) is 46.5 Å². The number of aliphatic hydroxyl groups is 1. The van der Waals surface area contributed by atoms with E-state index in [0.29, 0.717) is 39.2 Å². The summed E-state index contributed by atoms with van der Waals surface area (Å²) in [6, 6.07) is 26.7. The van der Waals surface area contributed by atoms with Gasteiger partial charge >= 0.3 is 41.9 Å². The third-order valence-electron chi connectivity index (χ3n) is 9.37. The molecule has 0 aliphatic rings. The van der Waals surface area contributed by atoms with E-state index >= 15 is 0 Å². The summed E-state index contributed by atoms with van der Waals surface area (Å²) < 4.78 is 106. The number of allylic oxidation sites excluding steroid dienone is 1. The average molecular weight is 938 g/mol. The summed E-state index contributed by atoms with van der Waals surface area (Å²) in [7, 11) is 0. The Labute approximate surface area is 397 Å². The Bertz CT molecular complexity index is 2980. The second kappa shape index (κ2) is 22.2. The number of halogens is 8. The maximum absolute atomic E-state index is 14.0. The number of alkyl halides is 6. The fourth-order valence-corrected chi connectivity index (χ4v) is 6.07. The maximum atomic E-state index is 14.0. The zero-order chi connectivity index (χ0) is 48.5. The molecule has 7 rings (SSSR count). The number of aliphatic hydroxyl groups excluding tert-OH is 1. The van der Waals surface area contributed by atoms with Crippen LogP contribution in [0.1, 0.15) is 50.1 Å². The minimum atomic E-state index is -4.46. The number of carboxylic acids is 1. The molecule has 0 saturated carbocycles. The number of nitriles is 1. The fraction of sp³-hybridized carbons (Fsp3) is 0.106. The second-order valence-corrected chi connectivity index (χ2v) is 13.9. The summed E-state index contributed by atoms with van der Waals surface area (Å²) in [5.74, 6) is -3.76. The van der Waals surface area contributed by atoms with Gasteiger partial charge in [0, 0.05) is 33.5 Å². The summed E-state index contributed by atoms with van der Waals surface area (Å²) in [5, 5.41) is 37.7. The van der Waals surface area contributed by atoms with Crippen LogP contribution in [0.25, 0.3) is 33.3 Å². The Hall–Kier alpha value is -7.40. The predicted octanol–water partition coefficient (Wildman–Crippen LogP) is 7.78. The van der Waals surface area contributed by atoms with Gasteiger partial charge in [-0.2, -0.15) is 31.6 Å². The third kappa shape index (κ3) is 13.3. The first-order chi connectivity index (χ1) is 31.1. The van der Waals surface area contributed by atoms with Crippen LogP contribution in [-0.4, -0.2) is 33.0 Å². The molecule has 2 amide bonds. The Morgan fingerprint density at radius 3 is 1.78 bits per heavy atom. The number of benzene rings is 5. The molecule has 338 valence electrons. The Kier molecular flexibility index (Phi) is 17.3. The van der Waals surface area contributed by atoms with Crippen molar-refractivity contribution in [2.75, 3.05) is 10.6 Å². The summed E-state index contributed by atoms with van der Waals surface area (Å²) in [4.78, 5) is 39.5. The molecular formula is C47H32F8N5NaO6. The quantitative estimate of drug-likeness (QED) is 0.0473. The van der Waals surface area contributed by atoms with Crippen LogP contribution in [0.2, 0.25) is 0 Å². The van der Waals surface area contributed by atoms with E-state index in [-0.39, 0.29) is 63.3 Å². The van der Waals surface area contributed by atoms with Gasteiger partial charge in [0.1, 0.15) is 34.8 Å². The molecule has 0 aliphatic heterocycles. The summed E-state index contributed by atoms with van der Waals surface area (Å²) in [5.41, 5.74) is 1.43. The molecule has 20 heteroatoms. The fourth-order valence-electron chi connectivity index (χ4n) is 6.07. The molecule has 0 fully saturated rings. The van der Waals surface area contributed by atoms with Crippen molar-refractivity contribution in [1.82, 2.24) is 10.1 Å². The van der Waals surface area contributed by atoms with Crippen molar-refractivity contribution >= 4 is 40.1 Å². The van der Waals surface area contributed by atoms with Crippen molar-refractivity contribution in [3.8, 4) is 28.5 Å². The second-order valence-electron chi connectivity index (χ2n) is 13.9. The molecule has 67 heavy (non-hydrogen) atoms. The van der Waals surface area contributed by atoms with Crippen molar-refractivity contribution in [3.63, 3.8) is 0 Å². The number of nitrogens with zero attached hydrogens (tertiary/aromatic N) is 3. The van der Waals surface area contributed by atoms with Gasteiger partial charge in [0.15, 0.2) is 5.57 Å². The van der Waals surface area contributed by atoms with Crippen LogP contribution in [0.5, 0.6) is 0 Å². The molecule has 0 unspecified atom stereocenters. The number of carbonyl (C=O) groups is 3. The molecule has 0 saturated heterocycles. The van der Waals surface area contributed by atoms with Gasteiger partial charge in [-0.25, -0.2) is 13.8 Å². The van der Waals surface area contributed by atoms with Gasteiger partial charge in [0.05, 0.1) is 34.5 Å². The molecule has 0 atom stereocenters. The van der Waals surface area contributed by atoms with Crippen molar-refractivity contribution in [2.45, 2.75) is 33.1 Å². The summed E-state index contributed by atoms with van der Waals surface area (Å²) in [6.07, 6.45) is -7.61. The van der Waals surface area contributed by atoms with Crippen LogP contribution in [0.3, 0.4) is 0 Å². The van der Waals surface area contributed by atoms with Crippen LogP contribution in [-0.2, 0) is 17.1 Å². The van der Waals surface area contributed by atoms with E-state index in [2.05, 4.69) is 20.8 Å². The van der Waals surface area contributed by atoms with E-state index in [1.807, 2.05) is 0 Å². The number of carboxylic acid groups (broad SMARTS) is 1. The number of amides is 2. The Morgan fingerprint density at radius 1 is 0.761 bits per heavy atom. The number of pyridine rings is 1. The minimum Gasteiger partial charge on any atom is -0.545 e. The Balaban J connectivity index is 0.000000225. The molecule has 7 aromatic rings. The van der Waals surface area contributed by atoms with Crippen molar-refractivity contribution in [2.24, 2.45) is 0 Å². The normalized spacial score (nSPS) is 11.3. The monoisotopic (exact) mass is 937 g/mol. The van der Waals surface area contributed by atoms with Gasteiger partial charge in [-0.05, 0) is 105 Å². The standard InChI is InChI=1S/C23H15F2NO2.2C12H9F3N2O2.Na/c1-13-21(23(27)28)18-12-16(24)10-11-20(18)26-22(13)15-8-6-14(7-9-15)17-4-2-3-5-19(17)25;1-7-10(6-16-19-7)11(18)17-9-4-2-8(3-5-9)12(13,14)15;1-7(18)10(6-16)11(19)17-9-4-2-8(3-5-9)12(13,14)15;/h2-12H,1H3,(H,27,28);2-6H,1H3,(H,17,18);2-5,18H,1H3,(H,17,19);/q;;;+1/p-1/b;;10-7-;. The number of fused-ring (bicyclic) bond motifs is 1. The topological polar surface area (TPSA) is 181 Å². The Morgan fingerprint density at radius 2 is 1.30 bits per heavy atom. The number of rotatable bonds is 7. The number of aromatic carboxylic acids is 1. The smallest absolute Gasteiger partial charge is 0.545 e. The van der Waals surface area contributed by atoms with Crippen molar-refractivity contribution in [3.05, 3.63) is 178 Å². The third-order valence-corrected chi connectivity index (χ3v) is 9.37. The van der Waals surface area contributed by atoms with Crippen LogP contribution in [0.15, 0.2) is 137 Å². The zero-order valence-electron chi connectivity index (χ0n) is 35.4. The van der Waals surface area contributed by atoms with Gasteiger partial charge < -0.3 is 30.2 Å². The van der Waals surface area contributed by atoms with Gasteiger partial charge in [0.2, 0.25) is 0 Å². The van der Waals surface area contributed by atoms with E-state index in [1.165, 1.54) is 42.6 Å². The van der Waals surface area contributed by atoms with E-state index in [4.69, 9.17) is 14.9 Å². The zero-order valence-corrected chi connectivity index (χ0v) is 37.4. The molecule has 3 N–H and O–H groups in total. The van der Waals surface area contributed by atoms with Crippen molar-refractivity contribution < 1.29 is 93.8 Å². The molecule has 5 aromatic carbocycles. The molecule has 0 radical (unpaired) electrons. The van der Waals surface area contributed by atoms with E-state index in [9.17, 15) is 54.6 Å². The summed E-state index contributed by atoms with van der Waals surface area (Å²) >= 11 is 0. The van der Waals surface area contributed by atoms with Gasteiger partial charge in [-0.3, -0.25) is 9.59 Å². The van der Waals surface area contributed by atoms with E-state index in [0.717, 1.165) is 49.4 Å². The molecule has 0 bridgehead atoms. The van der Waals surface area contributed by atoms with Crippen LogP contribution < -0.4 is 45.3 Å². The van der Waals surface area contributed by atoms with Gasteiger partial charge in [0.25, 0.3) is 11.8 Å². The molecule has 2 aromatic heterocycles. The largest absolute Gasteiger partial charge is 1.00 e. The SMILES string of the molecule is C/C(O)=C(\C#N)C(=O)Nc1ccc(C(F)(F)F)cc1.Cc1c(-c2ccc(-c3ccccc3F)cc2)nc2ccc(F)cc2c1C(=O)[O-].Cc1oncc1C(=O)Nc1ccc(C(F)(F)F)cc1.[Na+]. The first-order valence-electron chi connectivity index (χ1n) is 18.9. The molecule has 2 heterocycles. The molecular weight excluding hydrogens is 906 g/mol. The first-order valence-corrected chi connectivity index (χ1v) is 18.9. The van der Waals surface area contributed by atoms with Gasteiger partial charge in [-0.15, -0.1) is 0 Å². The number of carbonyl (C=O) groups excluding carboxylic acids is 3. The molecule has 11 nitrogen and oxygen atoms in total. The van der Waals surface area contributed by atoms with Crippen LogP contribution in [0, 0.1) is 36.8 Å². The number of hydrogen-bond acceptors (Lipinski definition) is 9. The minimum absolute atomic E-state index is 0. The number of hydrogen-bond donors (Lipinski definition) is 3. The maximum Gasteiger partial charge on any atom is 1.00 e. The number of anilines is 2. The van der Waals surface area contributed by atoms with Crippen molar-refractivity contribution in [1.29, 1.82) is 5.26 Å². The summed E-state index contributed by atoms with van der Waals surface area (Å²) in [6.45, 7) is 4.34. The average Bonchev–Trinajstić information content (AvgIpc) is 3.70. The number of aromatic nitrogens is 2. The van der Waals surface area contributed by atoms with E-state index < -0.39 is 58.4 Å². The molecule has 0 spiro atoms. The van der Waals surface area contributed by atoms with E-state index in [1.54, 1.807) is 56.3 Å². The predicted molar refractivity (Wildman–Crippen MR) is 223 cm³/mol. The number of aryl methyl sites for hydroxylation is 1.